The van der Waals surface area contributed by atoms with Gasteiger partial charge < -0.3 is 18.0 Å². The van der Waals surface area contributed by atoms with Gasteiger partial charge in [0.2, 0.25) is 0 Å². The van der Waals surface area contributed by atoms with Crippen molar-refractivity contribution in [1.82, 2.24) is 0 Å². The number of hydrogen-bond acceptors (Lipinski definition) is 5. The van der Waals surface area contributed by atoms with E-state index in [1.165, 1.54) is 12.0 Å². The lowest BCUT2D eigenvalue weighted by atomic mass is 9.57. The molecule has 2 saturated carbocycles. The average molecular weight is 837 g/mol. The molecule has 0 aromatic heterocycles. The predicted octanol–water partition coefficient (Wildman–Crippen LogP) is 14.1. The van der Waals surface area contributed by atoms with Gasteiger partial charge in [0, 0.05) is 24.3 Å². The molecule has 3 aliphatic rings. The zero-order valence-corrected chi connectivity index (χ0v) is 42.9. The van der Waals surface area contributed by atoms with E-state index >= 15 is 0 Å². The monoisotopic (exact) mass is 837 g/mol. The van der Waals surface area contributed by atoms with Crippen molar-refractivity contribution in [1.29, 1.82) is 0 Å². The molecule has 0 amide bonds. The quantitative estimate of drug-likeness (QED) is 0.113. The number of hydrogen-bond donors (Lipinski definition) is 0. The summed E-state index contributed by atoms with van der Waals surface area (Å²) in [5, 5.41) is 0.184. The molecule has 7 atom stereocenters. The van der Waals surface area contributed by atoms with Crippen molar-refractivity contribution < 1.29 is 22.8 Å². The van der Waals surface area contributed by atoms with Gasteiger partial charge in [0.05, 0.1) is 23.4 Å². The Morgan fingerprint density at radius 3 is 2.05 bits per heavy atom. The third-order valence-electron chi connectivity index (χ3n) is 15.0. The van der Waals surface area contributed by atoms with Gasteiger partial charge in [-0.05, 0) is 156 Å². The minimum absolute atomic E-state index is 0.0333. The summed E-state index contributed by atoms with van der Waals surface area (Å²) < 4.78 is 27.8. The number of rotatable bonds is 13. The second-order valence-corrected chi connectivity index (χ2v) is 37.2. The number of fused-ring (bicyclic) bond motifs is 1. The number of carbonyl (C=O) groups is 1. The van der Waals surface area contributed by atoms with E-state index in [4.69, 9.17) is 18.0 Å². The van der Waals surface area contributed by atoms with Crippen LogP contribution >= 0.6 is 0 Å². The summed E-state index contributed by atoms with van der Waals surface area (Å²) in [4.78, 5) is 14.1. The maximum Gasteiger partial charge on any atom is 0.339 e. The van der Waals surface area contributed by atoms with Gasteiger partial charge >= 0.3 is 5.97 Å². The van der Waals surface area contributed by atoms with Gasteiger partial charge in [0.15, 0.2) is 30.6 Å². The highest BCUT2D eigenvalue weighted by Gasteiger charge is 2.60. The second kappa shape index (κ2) is 17.5. The highest BCUT2D eigenvalue weighted by atomic mass is 28.4. The lowest BCUT2D eigenvalue weighted by Gasteiger charge is -2.50. The maximum atomic E-state index is 14.1. The molecule has 0 radical (unpaired) electrons. The molecule has 0 heterocycles. The van der Waals surface area contributed by atoms with Crippen LogP contribution in [-0.2, 0) is 18.0 Å². The van der Waals surface area contributed by atoms with Crippen molar-refractivity contribution in [3.8, 4) is 11.8 Å². The third-order valence-corrected chi connectivity index (χ3v) is 25.2. The minimum atomic E-state index is -2.10. The summed E-state index contributed by atoms with van der Waals surface area (Å²) >= 11 is 0. The summed E-state index contributed by atoms with van der Waals surface area (Å²) in [7, 11) is -5.78. The first-order valence-electron chi connectivity index (χ1n) is 22.5. The molecule has 3 aliphatic carbocycles. The number of carbonyl (C=O) groups excluding carboxylic acids is 1. The highest BCUT2D eigenvalue weighted by molar-refractivity contribution is 6.74. The first-order valence-corrected chi connectivity index (χ1v) is 31.7. The van der Waals surface area contributed by atoms with Crippen LogP contribution in [0.2, 0.25) is 55.9 Å². The molecule has 0 spiro atoms. The second-order valence-electron chi connectivity index (χ2n) is 23.3. The predicted molar refractivity (Wildman–Crippen MR) is 248 cm³/mol. The summed E-state index contributed by atoms with van der Waals surface area (Å²) in [6, 6.07) is 9.54. The summed E-state index contributed by atoms with van der Waals surface area (Å²) in [6.07, 6.45) is 10.1. The summed E-state index contributed by atoms with van der Waals surface area (Å²) in [5.41, 5.74) is 2.01. The lowest BCUT2D eigenvalue weighted by molar-refractivity contribution is -0.0854. The normalized spacial score (nSPS) is 28.4. The Labute approximate surface area is 354 Å². The highest BCUT2D eigenvalue weighted by Crippen LogP contribution is 2.62. The molecular weight excluding hydrogens is 753 g/mol. The van der Waals surface area contributed by atoms with Crippen molar-refractivity contribution in [3.63, 3.8) is 0 Å². The van der Waals surface area contributed by atoms with Crippen LogP contribution < -0.4 is 0 Å². The van der Waals surface area contributed by atoms with Crippen molar-refractivity contribution in [2.45, 2.75) is 220 Å². The van der Waals surface area contributed by atoms with Crippen LogP contribution in [0.4, 0.5) is 0 Å². The molecule has 0 saturated heterocycles. The SMILES string of the molecule is CC1=C(C#C[C@]2(OC(=O)c3ccccc3)CCC[C@]3(C)[C@@H]([C@H](C)CCCC(C)(C)O[Si](C)(C)C)CC[C@H]32)C[C@@H](O[Si](C)(C)C(C)(C)C)C[C@@H]1O[Si](C)(C)C(C)(C)C. The van der Waals surface area contributed by atoms with Crippen LogP contribution in [0.1, 0.15) is 151 Å². The molecule has 0 N–H and O–H groups in total. The van der Waals surface area contributed by atoms with Crippen LogP contribution in [0.25, 0.3) is 0 Å². The fraction of sp³-hybridized carbons (Fsp3) is 0.776. The van der Waals surface area contributed by atoms with Gasteiger partial charge in [-0.3, -0.25) is 0 Å². The van der Waals surface area contributed by atoms with Crippen molar-refractivity contribution in [2.24, 2.45) is 23.2 Å². The summed E-state index contributed by atoms with van der Waals surface area (Å²) in [5.74, 6) is 8.69. The topological polar surface area (TPSA) is 54.0 Å². The lowest BCUT2D eigenvalue weighted by Crippen LogP contribution is -2.52. The van der Waals surface area contributed by atoms with Gasteiger partial charge in [0.25, 0.3) is 0 Å². The Balaban J connectivity index is 1.74. The minimum Gasteiger partial charge on any atom is -0.442 e. The van der Waals surface area contributed by atoms with E-state index in [-0.39, 0.29) is 45.2 Å². The molecule has 0 bridgehead atoms. The van der Waals surface area contributed by atoms with Gasteiger partial charge in [0.1, 0.15) is 0 Å². The van der Waals surface area contributed by atoms with Crippen molar-refractivity contribution >= 4 is 30.9 Å². The van der Waals surface area contributed by atoms with Gasteiger partial charge in [-0.25, -0.2) is 4.79 Å². The Morgan fingerprint density at radius 1 is 0.877 bits per heavy atom. The van der Waals surface area contributed by atoms with E-state index < -0.39 is 30.6 Å². The summed E-state index contributed by atoms with van der Waals surface area (Å²) in [6.45, 7) is 41.9. The first-order chi connectivity index (χ1) is 25.9. The Kier molecular flexibility index (Phi) is 14.8. The first kappa shape index (κ1) is 48.2. The molecule has 5 nitrogen and oxygen atoms in total. The van der Waals surface area contributed by atoms with Crippen LogP contribution in [-0.4, -0.2) is 54.3 Å². The Bertz CT molecular complexity index is 1630. The van der Waals surface area contributed by atoms with Gasteiger partial charge in [-0.1, -0.05) is 92.4 Å². The van der Waals surface area contributed by atoms with Crippen LogP contribution in [0.15, 0.2) is 41.5 Å². The third kappa shape index (κ3) is 11.7. The van der Waals surface area contributed by atoms with Crippen LogP contribution in [0, 0.1) is 35.0 Å². The van der Waals surface area contributed by atoms with Crippen LogP contribution in [0.3, 0.4) is 0 Å². The molecule has 0 aliphatic heterocycles. The number of esters is 1. The molecule has 1 aromatic rings. The smallest absolute Gasteiger partial charge is 0.339 e. The van der Waals surface area contributed by atoms with E-state index in [0.717, 1.165) is 63.4 Å². The molecule has 8 heteroatoms. The van der Waals surface area contributed by atoms with E-state index in [9.17, 15) is 4.79 Å². The van der Waals surface area contributed by atoms with Crippen LogP contribution in [0.5, 0.6) is 0 Å². The Morgan fingerprint density at radius 2 is 1.47 bits per heavy atom. The van der Waals surface area contributed by atoms with Gasteiger partial charge in [-0.15, -0.1) is 0 Å². The molecule has 57 heavy (non-hydrogen) atoms. The molecule has 0 unspecified atom stereocenters. The fourth-order valence-corrected chi connectivity index (χ4v) is 14.5. The molecule has 1 aromatic carbocycles. The molecule has 322 valence electrons. The molecule has 2 fully saturated rings. The van der Waals surface area contributed by atoms with E-state index in [1.54, 1.807) is 0 Å². The standard InChI is InChI=1S/C49H84O5Si3/c1-36(24-22-30-47(9,10)54-55(12,13)14)41-27-28-43-48(41,11)31-23-32-49(43,51-44(50)38-25-20-19-21-26-38)33-29-39-34-40(52-56(15,16)45(3,4)5)35-42(37(39)2)53-57(17,18)46(6,7)8/h19-21,25-26,36,40-43H,22-24,27-28,30-32,34-35H2,1-18H3/t36-,40-,41-,42+,43-,48-,49-/m1/s1. The van der Waals surface area contributed by atoms with Gasteiger partial charge in [-0.2, -0.15) is 0 Å². The largest absolute Gasteiger partial charge is 0.442 e. The number of benzene rings is 1. The van der Waals surface area contributed by atoms with Crippen molar-refractivity contribution in [2.75, 3.05) is 0 Å². The Hall–Kier alpha value is -1.48. The molecular formula is C49H84O5Si3. The average Bonchev–Trinajstić information content (AvgIpc) is 3.41. The zero-order valence-electron chi connectivity index (χ0n) is 39.9. The van der Waals surface area contributed by atoms with E-state index in [1.807, 2.05) is 30.3 Å². The van der Waals surface area contributed by atoms with Crippen molar-refractivity contribution in [3.05, 3.63) is 47.0 Å². The maximum absolute atomic E-state index is 14.1. The zero-order chi connectivity index (χ0) is 43.0. The van der Waals surface area contributed by atoms with E-state index in [0.29, 0.717) is 17.4 Å². The number of ether oxygens (including phenoxy) is 1. The molecule has 4 rings (SSSR count). The van der Waals surface area contributed by atoms with E-state index in [2.05, 4.69) is 134 Å². The fourth-order valence-electron chi connectivity index (χ4n) is 10.0.